The molecule has 1 aromatic rings. The molecule has 0 bridgehead atoms. The molecule has 1 heterocycles. The van der Waals surface area contributed by atoms with Crippen LogP contribution in [0.3, 0.4) is 0 Å². The third kappa shape index (κ3) is 5.68. The minimum Gasteiger partial charge on any atom is -0.444 e. The topological polar surface area (TPSA) is 93.0 Å². The average molecular weight is 391 g/mol. The van der Waals surface area contributed by atoms with Crippen LogP contribution in [-0.4, -0.2) is 59.0 Å². The number of rotatable bonds is 4. The predicted octanol–water partition coefficient (Wildman–Crippen LogP) is 3.62. The van der Waals surface area contributed by atoms with Crippen LogP contribution in [0.5, 0.6) is 0 Å². The van der Waals surface area contributed by atoms with E-state index in [1.807, 2.05) is 20.8 Å². The Morgan fingerprint density at radius 3 is 2.39 bits per heavy atom. The van der Waals surface area contributed by atoms with Gasteiger partial charge in [0.25, 0.3) is 11.6 Å². The van der Waals surface area contributed by atoms with Crippen LogP contribution in [0.25, 0.3) is 0 Å². The maximum Gasteiger partial charge on any atom is 0.410 e. The summed E-state index contributed by atoms with van der Waals surface area (Å²) in [4.78, 5) is 38.6. The van der Waals surface area contributed by atoms with Crippen molar-refractivity contribution < 1.29 is 19.2 Å². The number of benzene rings is 1. The molecule has 0 aliphatic carbocycles. The Morgan fingerprint density at radius 2 is 1.89 bits per heavy atom. The van der Waals surface area contributed by atoms with Crippen LogP contribution in [0.15, 0.2) is 18.2 Å². The van der Waals surface area contributed by atoms with E-state index < -0.39 is 10.5 Å². The van der Waals surface area contributed by atoms with Crippen molar-refractivity contribution in [3.8, 4) is 0 Å². The van der Waals surface area contributed by atoms with Crippen molar-refractivity contribution in [3.63, 3.8) is 0 Å². The van der Waals surface area contributed by atoms with E-state index in [-0.39, 0.29) is 17.7 Å². The van der Waals surface area contributed by atoms with Gasteiger partial charge in [-0.25, -0.2) is 4.79 Å². The normalized spacial score (nSPS) is 15.2. The number of likely N-dealkylation sites (tertiary alicyclic amines) is 1. The van der Waals surface area contributed by atoms with Crippen molar-refractivity contribution in [1.82, 2.24) is 9.80 Å². The van der Waals surface area contributed by atoms with Gasteiger partial charge in [-0.15, -0.1) is 0 Å². The number of amides is 2. The van der Waals surface area contributed by atoms with Crippen LogP contribution in [0.4, 0.5) is 10.5 Å². The Balaban J connectivity index is 1.90. The number of ether oxygens (including phenoxy) is 1. The van der Waals surface area contributed by atoms with Gasteiger partial charge in [-0.2, -0.15) is 0 Å². The number of non-ortho nitro benzene ring substituents is 1. The highest BCUT2D eigenvalue weighted by atomic mass is 16.6. The highest BCUT2D eigenvalue weighted by molar-refractivity contribution is 5.96. The van der Waals surface area contributed by atoms with Gasteiger partial charge in [0.2, 0.25) is 0 Å². The second kappa shape index (κ2) is 8.58. The second-order valence-electron chi connectivity index (χ2n) is 8.35. The minimum absolute atomic E-state index is 0.0158. The van der Waals surface area contributed by atoms with Gasteiger partial charge in [0.15, 0.2) is 0 Å². The van der Waals surface area contributed by atoms with Gasteiger partial charge in [-0.1, -0.05) is 0 Å². The highest BCUT2D eigenvalue weighted by Gasteiger charge is 2.27. The lowest BCUT2D eigenvalue weighted by Gasteiger charge is -2.34. The van der Waals surface area contributed by atoms with E-state index in [2.05, 4.69) is 0 Å². The Morgan fingerprint density at radius 1 is 1.29 bits per heavy atom. The lowest BCUT2D eigenvalue weighted by atomic mass is 9.95. The molecule has 8 heteroatoms. The number of carbonyl (C=O) groups excluding carboxylic acids is 2. The number of hydrogen-bond acceptors (Lipinski definition) is 5. The molecular formula is C20H29N3O5. The predicted molar refractivity (Wildman–Crippen MR) is 105 cm³/mol. The average Bonchev–Trinajstić information content (AvgIpc) is 2.60. The number of nitro benzene ring substituents is 1. The van der Waals surface area contributed by atoms with Gasteiger partial charge in [0.05, 0.1) is 4.92 Å². The van der Waals surface area contributed by atoms with E-state index in [1.165, 1.54) is 18.2 Å². The standard InChI is InChI=1S/C20H29N3O5/c1-14-12-16(23(26)27)6-7-17(14)18(24)22-10-8-15(9-11-22)13-21(5)19(25)28-20(2,3)4/h6-7,12,15H,8-11,13H2,1-5H3. The van der Waals surface area contributed by atoms with E-state index in [4.69, 9.17) is 4.74 Å². The molecule has 1 aliphatic rings. The summed E-state index contributed by atoms with van der Waals surface area (Å²) in [7, 11) is 1.73. The van der Waals surface area contributed by atoms with Gasteiger partial charge < -0.3 is 14.5 Å². The third-order valence-corrected chi connectivity index (χ3v) is 4.79. The first-order chi connectivity index (χ1) is 13.0. The first-order valence-corrected chi connectivity index (χ1v) is 9.46. The van der Waals surface area contributed by atoms with Gasteiger partial charge in [0, 0.05) is 44.4 Å². The summed E-state index contributed by atoms with van der Waals surface area (Å²) in [6.45, 7) is 9.01. The van der Waals surface area contributed by atoms with E-state index in [1.54, 1.807) is 23.8 Å². The second-order valence-corrected chi connectivity index (χ2v) is 8.35. The van der Waals surface area contributed by atoms with Gasteiger partial charge in [0.1, 0.15) is 5.60 Å². The SMILES string of the molecule is Cc1cc([N+](=O)[O-])ccc1C(=O)N1CCC(CN(C)C(=O)OC(C)(C)C)CC1. The van der Waals surface area contributed by atoms with Gasteiger partial charge in [-0.3, -0.25) is 14.9 Å². The summed E-state index contributed by atoms with van der Waals surface area (Å²) in [6, 6.07) is 4.32. The molecular weight excluding hydrogens is 362 g/mol. The Labute approximate surface area is 165 Å². The summed E-state index contributed by atoms with van der Waals surface area (Å²) in [6.07, 6.45) is 1.25. The molecule has 154 valence electrons. The molecule has 0 saturated carbocycles. The largest absolute Gasteiger partial charge is 0.444 e. The zero-order chi connectivity index (χ0) is 21.1. The summed E-state index contributed by atoms with van der Waals surface area (Å²) in [5.74, 6) is 0.200. The van der Waals surface area contributed by atoms with Crippen LogP contribution < -0.4 is 0 Å². The molecule has 1 aliphatic heterocycles. The molecule has 0 spiro atoms. The molecule has 0 atom stereocenters. The Bertz CT molecular complexity index is 749. The summed E-state index contributed by atoms with van der Waals surface area (Å²) >= 11 is 0. The van der Waals surface area contributed by atoms with Crippen molar-refractivity contribution in [2.24, 2.45) is 5.92 Å². The molecule has 0 unspecified atom stereocenters. The van der Waals surface area contributed by atoms with Crippen LogP contribution in [0, 0.1) is 23.0 Å². The molecule has 0 radical (unpaired) electrons. The van der Waals surface area contributed by atoms with Crippen molar-refractivity contribution in [2.75, 3.05) is 26.7 Å². The number of aryl methyl sites for hydroxylation is 1. The lowest BCUT2D eigenvalue weighted by Crippen LogP contribution is -2.43. The fourth-order valence-corrected chi connectivity index (χ4v) is 3.29. The molecule has 2 rings (SSSR count). The smallest absolute Gasteiger partial charge is 0.410 e. The molecule has 0 N–H and O–H groups in total. The molecule has 8 nitrogen and oxygen atoms in total. The molecule has 1 fully saturated rings. The van der Waals surface area contributed by atoms with Crippen molar-refractivity contribution in [1.29, 1.82) is 0 Å². The number of carbonyl (C=O) groups is 2. The maximum atomic E-state index is 12.8. The number of nitrogens with zero attached hydrogens (tertiary/aromatic N) is 3. The van der Waals surface area contributed by atoms with Crippen molar-refractivity contribution in [2.45, 2.75) is 46.1 Å². The fourth-order valence-electron chi connectivity index (χ4n) is 3.29. The molecule has 1 aromatic carbocycles. The van der Waals surface area contributed by atoms with Crippen LogP contribution in [0.2, 0.25) is 0 Å². The summed E-state index contributed by atoms with van der Waals surface area (Å²) in [5.41, 5.74) is 0.558. The van der Waals surface area contributed by atoms with Crippen LogP contribution in [0.1, 0.15) is 49.5 Å². The quantitative estimate of drug-likeness (QED) is 0.577. The minimum atomic E-state index is -0.524. The zero-order valence-electron chi connectivity index (χ0n) is 17.2. The monoisotopic (exact) mass is 391 g/mol. The fraction of sp³-hybridized carbons (Fsp3) is 0.600. The molecule has 28 heavy (non-hydrogen) atoms. The van der Waals surface area contributed by atoms with E-state index in [0.717, 1.165) is 12.8 Å². The number of piperidine rings is 1. The van der Waals surface area contributed by atoms with Gasteiger partial charge >= 0.3 is 6.09 Å². The van der Waals surface area contributed by atoms with E-state index in [0.29, 0.717) is 36.7 Å². The molecule has 0 aromatic heterocycles. The van der Waals surface area contributed by atoms with Gasteiger partial charge in [-0.05, 0) is 58.1 Å². The maximum absolute atomic E-state index is 12.8. The summed E-state index contributed by atoms with van der Waals surface area (Å²) < 4.78 is 5.37. The van der Waals surface area contributed by atoms with E-state index in [9.17, 15) is 19.7 Å². The Hall–Kier alpha value is -2.64. The first kappa shape index (κ1) is 21.7. The highest BCUT2D eigenvalue weighted by Crippen LogP contribution is 2.23. The first-order valence-electron chi connectivity index (χ1n) is 9.46. The zero-order valence-corrected chi connectivity index (χ0v) is 17.2. The number of nitro groups is 1. The summed E-state index contributed by atoms with van der Waals surface area (Å²) in [5, 5.41) is 10.9. The Kier molecular flexibility index (Phi) is 6.64. The van der Waals surface area contributed by atoms with Crippen molar-refractivity contribution in [3.05, 3.63) is 39.4 Å². The molecule has 2 amide bonds. The van der Waals surface area contributed by atoms with Crippen LogP contribution in [-0.2, 0) is 4.74 Å². The lowest BCUT2D eigenvalue weighted by molar-refractivity contribution is -0.384. The van der Waals surface area contributed by atoms with Crippen molar-refractivity contribution >= 4 is 17.7 Å². The van der Waals surface area contributed by atoms with Crippen LogP contribution >= 0.6 is 0 Å². The molecule has 1 saturated heterocycles. The van der Waals surface area contributed by atoms with E-state index >= 15 is 0 Å². The number of hydrogen-bond donors (Lipinski definition) is 0. The third-order valence-electron chi connectivity index (χ3n) is 4.79.